The number of rotatable bonds is 4. The number of amides is 2. The first-order chi connectivity index (χ1) is 15.7. The van der Waals surface area contributed by atoms with Crippen LogP contribution in [-0.2, 0) is 11.2 Å². The molecule has 2 aliphatic rings. The van der Waals surface area contributed by atoms with E-state index in [4.69, 9.17) is 9.47 Å². The van der Waals surface area contributed by atoms with E-state index in [0.29, 0.717) is 42.5 Å². The first-order valence-electron chi connectivity index (χ1n) is 10.6. The van der Waals surface area contributed by atoms with Gasteiger partial charge in [-0.05, 0) is 66.1 Å². The Morgan fingerprint density at radius 1 is 0.906 bits per heavy atom. The molecule has 3 aromatic carbocycles. The number of para-hydroxylation sites is 1. The fourth-order valence-electron chi connectivity index (χ4n) is 3.92. The van der Waals surface area contributed by atoms with Gasteiger partial charge in [0.1, 0.15) is 13.2 Å². The normalized spacial score (nSPS) is 14.3. The summed E-state index contributed by atoms with van der Waals surface area (Å²) in [6, 6.07) is 20.5. The average molecular weight is 426 g/mol. The largest absolute Gasteiger partial charge is 0.486 e. The van der Waals surface area contributed by atoms with Crippen molar-refractivity contribution < 1.29 is 19.1 Å². The highest BCUT2D eigenvalue weighted by atomic mass is 16.6. The van der Waals surface area contributed by atoms with E-state index in [1.165, 1.54) is 11.6 Å². The van der Waals surface area contributed by atoms with Crippen LogP contribution in [0.5, 0.6) is 11.5 Å². The van der Waals surface area contributed by atoms with Crippen LogP contribution in [0.3, 0.4) is 0 Å². The van der Waals surface area contributed by atoms with Crippen LogP contribution in [0.4, 0.5) is 11.4 Å². The Bertz CT molecular complexity index is 1200. The number of hydrogen-bond acceptors (Lipinski definition) is 4. The van der Waals surface area contributed by atoms with Crippen molar-refractivity contribution in [3.63, 3.8) is 0 Å². The minimum absolute atomic E-state index is 0.0358. The Morgan fingerprint density at radius 2 is 1.69 bits per heavy atom. The Kier molecular flexibility index (Phi) is 5.34. The lowest BCUT2D eigenvalue weighted by molar-refractivity contribution is -0.111. The molecule has 0 aliphatic carbocycles. The zero-order valence-electron chi connectivity index (χ0n) is 17.4. The lowest BCUT2D eigenvalue weighted by Gasteiger charge is -2.18. The maximum absolute atomic E-state index is 12.9. The molecule has 0 saturated carbocycles. The Labute approximate surface area is 186 Å². The molecule has 2 aliphatic heterocycles. The zero-order chi connectivity index (χ0) is 21.9. The molecule has 0 aromatic heterocycles. The Balaban J connectivity index is 1.22. The molecule has 5 rings (SSSR count). The number of nitrogens with zero attached hydrogens (tertiary/aromatic N) is 1. The van der Waals surface area contributed by atoms with Crippen molar-refractivity contribution in [3.8, 4) is 11.5 Å². The SMILES string of the molecule is O=C(/C=C/c1ccc2c(c1)OCCO2)Nc1ccc(C(=O)N2CCc3ccccc32)cc1. The van der Waals surface area contributed by atoms with E-state index < -0.39 is 0 Å². The van der Waals surface area contributed by atoms with Gasteiger partial charge in [0.2, 0.25) is 5.91 Å². The maximum atomic E-state index is 12.9. The third-order valence-electron chi connectivity index (χ3n) is 5.53. The molecule has 6 nitrogen and oxygen atoms in total. The molecule has 32 heavy (non-hydrogen) atoms. The first kappa shape index (κ1) is 19.9. The van der Waals surface area contributed by atoms with Gasteiger partial charge in [-0.2, -0.15) is 0 Å². The molecule has 0 spiro atoms. The number of hydrogen-bond donors (Lipinski definition) is 1. The highest BCUT2D eigenvalue weighted by Gasteiger charge is 2.25. The molecule has 6 heteroatoms. The number of fused-ring (bicyclic) bond motifs is 2. The van der Waals surface area contributed by atoms with E-state index in [1.54, 1.807) is 35.2 Å². The second kappa shape index (κ2) is 8.59. The van der Waals surface area contributed by atoms with Crippen LogP contribution in [0.25, 0.3) is 6.08 Å². The van der Waals surface area contributed by atoms with Crippen LogP contribution in [0.2, 0.25) is 0 Å². The second-order valence-corrected chi connectivity index (χ2v) is 7.64. The molecule has 0 fully saturated rings. The van der Waals surface area contributed by atoms with E-state index in [-0.39, 0.29) is 11.8 Å². The van der Waals surface area contributed by atoms with Gasteiger partial charge >= 0.3 is 0 Å². The van der Waals surface area contributed by atoms with Gasteiger partial charge in [0, 0.05) is 29.6 Å². The monoisotopic (exact) mass is 426 g/mol. The summed E-state index contributed by atoms with van der Waals surface area (Å²) in [5, 5.41) is 2.82. The van der Waals surface area contributed by atoms with Gasteiger partial charge < -0.3 is 19.7 Å². The molecular formula is C26H22N2O4. The molecule has 2 heterocycles. The molecule has 0 unspecified atom stereocenters. The molecule has 0 atom stereocenters. The van der Waals surface area contributed by atoms with Gasteiger partial charge in [-0.25, -0.2) is 0 Å². The van der Waals surface area contributed by atoms with E-state index in [2.05, 4.69) is 11.4 Å². The predicted molar refractivity (Wildman–Crippen MR) is 123 cm³/mol. The zero-order valence-corrected chi connectivity index (χ0v) is 17.4. The molecule has 2 amide bonds. The lowest BCUT2D eigenvalue weighted by Crippen LogP contribution is -2.28. The van der Waals surface area contributed by atoms with Crippen molar-refractivity contribution >= 4 is 29.3 Å². The topological polar surface area (TPSA) is 67.9 Å². The number of ether oxygens (including phenoxy) is 2. The van der Waals surface area contributed by atoms with E-state index in [1.807, 2.05) is 36.4 Å². The van der Waals surface area contributed by atoms with Crippen LogP contribution in [-0.4, -0.2) is 31.6 Å². The van der Waals surface area contributed by atoms with Gasteiger partial charge in [-0.3, -0.25) is 9.59 Å². The fourth-order valence-corrected chi connectivity index (χ4v) is 3.92. The van der Waals surface area contributed by atoms with Crippen LogP contribution >= 0.6 is 0 Å². The summed E-state index contributed by atoms with van der Waals surface area (Å²) >= 11 is 0. The number of carbonyl (C=O) groups excluding carboxylic acids is 2. The summed E-state index contributed by atoms with van der Waals surface area (Å²) in [5.74, 6) is 1.10. The van der Waals surface area contributed by atoms with Crippen LogP contribution in [0.15, 0.2) is 72.8 Å². The highest BCUT2D eigenvalue weighted by molar-refractivity contribution is 6.08. The number of benzene rings is 3. The summed E-state index contributed by atoms with van der Waals surface area (Å²) in [7, 11) is 0. The minimum Gasteiger partial charge on any atom is -0.486 e. The van der Waals surface area contributed by atoms with E-state index >= 15 is 0 Å². The number of anilines is 2. The standard InChI is InChI=1S/C26H22N2O4/c29-25(12-6-18-5-11-23-24(17-18)32-16-15-31-23)27-21-9-7-20(8-10-21)26(30)28-14-13-19-3-1-2-4-22(19)28/h1-12,17H,13-16H2,(H,27,29)/b12-6+. The highest BCUT2D eigenvalue weighted by Crippen LogP contribution is 2.31. The van der Waals surface area contributed by atoms with Gasteiger partial charge in [-0.15, -0.1) is 0 Å². The van der Waals surface area contributed by atoms with Crippen molar-refractivity contribution in [2.24, 2.45) is 0 Å². The summed E-state index contributed by atoms with van der Waals surface area (Å²) in [5.41, 5.74) is 4.22. The van der Waals surface area contributed by atoms with Crippen LogP contribution in [0, 0.1) is 0 Å². The summed E-state index contributed by atoms with van der Waals surface area (Å²) in [6.45, 7) is 1.74. The van der Waals surface area contributed by atoms with E-state index in [9.17, 15) is 9.59 Å². The van der Waals surface area contributed by atoms with Crippen molar-refractivity contribution in [3.05, 3.63) is 89.5 Å². The summed E-state index contributed by atoms with van der Waals surface area (Å²) in [4.78, 5) is 27.0. The molecule has 0 bridgehead atoms. The first-order valence-corrected chi connectivity index (χ1v) is 10.6. The summed E-state index contributed by atoms with van der Waals surface area (Å²) in [6.07, 6.45) is 4.05. The third-order valence-corrected chi connectivity index (χ3v) is 5.53. The second-order valence-electron chi connectivity index (χ2n) is 7.64. The lowest BCUT2D eigenvalue weighted by atomic mass is 10.1. The Morgan fingerprint density at radius 3 is 2.53 bits per heavy atom. The molecule has 160 valence electrons. The van der Waals surface area contributed by atoms with Gasteiger partial charge in [-0.1, -0.05) is 24.3 Å². The van der Waals surface area contributed by atoms with Crippen molar-refractivity contribution in [1.82, 2.24) is 0 Å². The van der Waals surface area contributed by atoms with Gasteiger partial charge in [0.25, 0.3) is 5.91 Å². The predicted octanol–water partition coefficient (Wildman–Crippen LogP) is 4.31. The Hall–Kier alpha value is -4.06. The molecule has 0 saturated heterocycles. The minimum atomic E-state index is -0.257. The number of nitrogens with one attached hydrogen (secondary N) is 1. The van der Waals surface area contributed by atoms with Crippen molar-refractivity contribution in [1.29, 1.82) is 0 Å². The number of carbonyl (C=O) groups is 2. The fraction of sp³-hybridized carbons (Fsp3) is 0.154. The van der Waals surface area contributed by atoms with E-state index in [0.717, 1.165) is 17.7 Å². The molecule has 0 radical (unpaired) electrons. The van der Waals surface area contributed by atoms with Crippen molar-refractivity contribution in [2.75, 3.05) is 30.0 Å². The molecular weight excluding hydrogens is 404 g/mol. The van der Waals surface area contributed by atoms with Gasteiger partial charge in [0.05, 0.1) is 0 Å². The van der Waals surface area contributed by atoms with Crippen molar-refractivity contribution in [2.45, 2.75) is 6.42 Å². The molecule has 1 N–H and O–H groups in total. The molecule has 3 aromatic rings. The quantitative estimate of drug-likeness (QED) is 0.631. The smallest absolute Gasteiger partial charge is 0.258 e. The maximum Gasteiger partial charge on any atom is 0.258 e. The summed E-state index contributed by atoms with van der Waals surface area (Å²) < 4.78 is 11.1. The van der Waals surface area contributed by atoms with Crippen LogP contribution in [0.1, 0.15) is 21.5 Å². The third kappa shape index (κ3) is 4.07. The van der Waals surface area contributed by atoms with Crippen LogP contribution < -0.4 is 19.7 Å². The van der Waals surface area contributed by atoms with Gasteiger partial charge in [0.15, 0.2) is 11.5 Å². The average Bonchev–Trinajstić information content (AvgIpc) is 3.27.